The second-order valence-corrected chi connectivity index (χ2v) is 4.74. The van der Waals surface area contributed by atoms with Gasteiger partial charge in [-0.15, -0.1) is 0 Å². The van der Waals surface area contributed by atoms with Gasteiger partial charge >= 0.3 is 0 Å². The first-order valence-electron chi connectivity index (χ1n) is 6.61. The van der Waals surface area contributed by atoms with E-state index in [4.69, 9.17) is 5.73 Å². The van der Waals surface area contributed by atoms with Crippen LogP contribution in [0.3, 0.4) is 0 Å². The molecular weight excluding hydrogens is 250 g/mol. The molecular formula is C15H17N5. The lowest BCUT2D eigenvalue weighted by Gasteiger charge is -2.10. The van der Waals surface area contributed by atoms with Crippen LogP contribution in [0.15, 0.2) is 36.7 Å². The molecule has 0 unspecified atom stereocenters. The van der Waals surface area contributed by atoms with Gasteiger partial charge in [-0.3, -0.25) is 9.67 Å². The van der Waals surface area contributed by atoms with Crippen LogP contribution in [-0.4, -0.2) is 14.8 Å². The molecule has 2 aromatic heterocycles. The highest BCUT2D eigenvalue weighted by Crippen LogP contribution is 2.30. The van der Waals surface area contributed by atoms with Gasteiger partial charge in [0.1, 0.15) is 0 Å². The van der Waals surface area contributed by atoms with Crippen LogP contribution in [-0.2, 0) is 13.5 Å². The molecule has 0 aliphatic rings. The van der Waals surface area contributed by atoms with Gasteiger partial charge < -0.3 is 11.1 Å². The molecule has 5 nitrogen and oxygen atoms in total. The Morgan fingerprint density at radius 1 is 1.25 bits per heavy atom. The number of fused-ring (bicyclic) bond motifs is 1. The molecule has 0 radical (unpaired) electrons. The lowest BCUT2D eigenvalue weighted by atomic mass is 10.1. The summed E-state index contributed by atoms with van der Waals surface area (Å²) in [6.07, 6.45) is 4.61. The van der Waals surface area contributed by atoms with Crippen molar-refractivity contribution in [2.45, 2.75) is 13.3 Å². The Labute approximate surface area is 117 Å². The smallest absolute Gasteiger partial charge is 0.0856 e. The molecule has 1 aromatic carbocycles. The van der Waals surface area contributed by atoms with Crippen molar-refractivity contribution in [1.29, 1.82) is 0 Å². The first kappa shape index (κ1) is 12.5. The molecule has 0 amide bonds. The predicted molar refractivity (Wildman–Crippen MR) is 82.0 cm³/mol. The molecule has 5 heteroatoms. The summed E-state index contributed by atoms with van der Waals surface area (Å²) in [5.74, 6) is 0. The van der Waals surface area contributed by atoms with Crippen LogP contribution in [0.25, 0.3) is 10.9 Å². The standard InChI is InChI=1S/C15H17N5/c1-3-11-14(9-20(2)19-11)18-13-7-6-12-10(15(13)16)5-4-8-17-12/h4-9,18H,3,16H2,1-2H3. The molecule has 0 atom stereocenters. The number of benzene rings is 1. The van der Waals surface area contributed by atoms with Crippen LogP contribution in [0.5, 0.6) is 0 Å². The summed E-state index contributed by atoms with van der Waals surface area (Å²) in [7, 11) is 1.91. The second kappa shape index (κ2) is 4.85. The normalized spacial score (nSPS) is 10.9. The molecule has 3 aromatic rings. The predicted octanol–water partition coefficient (Wildman–Crippen LogP) is 2.86. The summed E-state index contributed by atoms with van der Waals surface area (Å²) in [5, 5.41) is 8.74. The van der Waals surface area contributed by atoms with Gasteiger partial charge in [-0.05, 0) is 30.7 Å². The van der Waals surface area contributed by atoms with Gasteiger partial charge in [-0.2, -0.15) is 5.10 Å². The molecule has 0 aliphatic heterocycles. The summed E-state index contributed by atoms with van der Waals surface area (Å²) < 4.78 is 1.81. The molecule has 0 fully saturated rings. The van der Waals surface area contributed by atoms with Crippen molar-refractivity contribution < 1.29 is 0 Å². The van der Waals surface area contributed by atoms with Gasteiger partial charge in [0.15, 0.2) is 0 Å². The maximum Gasteiger partial charge on any atom is 0.0856 e. The lowest BCUT2D eigenvalue weighted by molar-refractivity contribution is 0.746. The fourth-order valence-corrected chi connectivity index (χ4v) is 2.33. The van der Waals surface area contributed by atoms with E-state index in [1.807, 2.05) is 37.5 Å². The van der Waals surface area contributed by atoms with Crippen molar-refractivity contribution >= 4 is 28.0 Å². The van der Waals surface area contributed by atoms with Gasteiger partial charge in [0.2, 0.25) is 0 Å². The Kier molecular flexibility index (Phi) is 3.02. The van der Waals surface area contributed by atoms with Gasteiger partial charge in [0, 0.05) is 24.8 Å². The van der Waals surface area contributed by atoms with Crippen molar-refractivity contribution in [3.63, 3.8) is 0 Å². The van der Waals surface area contributed by atoms with Crippen LogP contribution in [0.4, 0.5) is 17.1 Å². The highest BCUT2D eigenvalue weighted by molar-refractivity contribution is 5.97. The molecule has 20 heavy (non-hydrogen) atoms. The highest BCUT2D eigenvalue weighted by atomic mass is 15.3. The van der Waals surface area contributed by atoms with Crippen LogP contribution >= 0.6 is 0 Å². The third kappa shape index (κ3) is 2.07. The Balaban J connectivity index is 2.04. The quantitative estimate of drug-likeness (QED) is 0.716. The number of aromatic nitrogens is 3. The van der Waals surface area contributed by atoms with E-state index >= 15 is 0 Å². The van der Waals surface area contributed by atoms with E-state index in [2.05, 4.69) is 22.3 Å². The number of hydrogen-bond donors (Lipinski definition) is 2. The minimum absolute atomic E-state index is 0.710. The summed E-state index contributed by atoms with van der Waals surface area (Å²) in [4.78, 5) is 4.30. The van der Waals surface area contributed by atoms with Crippen molar-refractivity contribution in [3.05, 3.63) is 42.4 Å². The molecule has 0 spiro atoms. The number of nitrogens with one attached hydrogen (secondary N) is 1. The van der Waals surface area contributed by atoms with Crippen molar-refractivity contribution in [2.24, 2.45) is 7.05 Å². The minimum Gasteiger partial charge on any atom is -0.396 e. The molecule has 0 saturated heterocycles. The molecule has 2 heterocycles. The monoisotopic (exact) mass is 267 g/mol. The van der Waals surface area contributed by atoms with Crippen LogP contribution in [0, 0.1) is 0 Å². The number of pyridine rings is 1. The van der Waals surface area contributed by atoms with Gasteiger partial charge in [-0.1, -0.05) is 6.92 Å². The van der Waals surface area contributed by atoms with E-state index in [1.165, 1.54) is 0 Å². The number of aryl methyl sites for hydroxylation is 2. The Bertz CT molecular complexity index is 760. The lowest BCUT2D eigenvalue weighted by Crippen LogP contribution is -1.99. The minimum atomic E-state index is 0.710. The third-order valence-corrected chi connectivity index (χ3v) is 3.34. The number of nitrogens with zero attached hydrogens (tertiary/aromatic N) is 3. The molecule has 102 valence electrons. The first-order valence-corrected chi connectivity index (χ1v) is 6.61. The molecule has 3 N–H and O–H groups in total. The van der Waals surface area contributed by atoms with Gasteiger partial charge in [0.25, 0.3) is 0 Å². The first-order chi connectivity index (χ1) is 9.69. The van der Waals surface area contributed by atoms with Crippen LogP contribution in [0.2, 0.25) is 0 Å². The zero-order valence-corrected chi connectivity index (χ0v) is 11.6. The summed E-state index contributed by atoms with van der Waals surface area (Å²) >= 11 is 0. The molecule has 0 saturated carbocycles. The zero-order chi connectivity index (χ0) is 14.1. The summed E-state index contributed by atoms with van der Waals surface area (Å²) in [6, 6.07) is 7.80. The van der Waals surface area contributed by atoms with Crippen molar-refractivity contribution in [3.8, 4) is 0 Å². The van der Waals surface area contributed by atoms with Gasteiger partial charge in [-0.25, -0.2) is 0 Å². The maximum atomic E-state index is 6.24. The topological polar surface area (TPSA) is 68.8 Å². The average molecular weight is 267 g/mol. The van der Waals surface area contributed by atoms with E-state index in [-0.39, 0.29) is 0 Å². The zero-order valence-electron chi connectivity index (χ0n) is 11.6. The highest BCUT2D eigenvalue weighted by Gasteiger charge is 2.09. The Morgan fingerprint density at radius 3 is 2.90 bits per heavy atom. The number of nitrogen functional groups attached to an aromatic ring is 1. The number of rotatable bonds is 3. The summed E-state index contributed by atoms with van der Waals surface area (Å²) in [6.45, 7) is 2.08. The number of anilines is 3. The fraction of sp³-hybridized carbons (Fsp3) is 0.200. The van der Waals surface area contributed by atoms with E-state index in [9.17, 15) is 0 Å². The van der Waals surface area contributed by atoms with E-state index in [0.29, 0.717) is 5.69 Å². The third-order valence-electron chi connectivity index (χ3n) is 3.34. The van der Waals surface area contributed by atoms with Gasteiger partial charge in [0.05, 0.1) is 28.3 Å². The Hall–Kier alpha value is -2.56. The molecule has 3 rings (SSSR count). The van der Waals surface area contributed by atoms with Crippen LogP contribution < -0.4 is 11.1 Å². The Morgan fingerprint density at radius 2 is 2.10 bits per heavy atom. The number of hydrogen-bond acceptors (Lipinski definition) is 4. The SMILES string of the molecule is CCc1nn(C)cc1Nc1ccc2ncccc2c1N. The van der Waals surface area contributed by atoms with Crippen molar-refractivity contribution in [1.82, 2.24) is 14.8 Å². The maximum absolute atomic E-state index is 6.24. The summed E-state index contributed by atoms with van der Waals surface area (Å²) in [5.41, 5.74) is 10.7. The number of nitrogens with two attached hydrogens (primary N) is 1. The fourth-order valence-electron chi connectivity index (χ4n) is 2.33. The second-order valence-electron chi connectivity index (χ2n) is 4.74. The van der Waals surface area contributed by atoms with Crippen molar-refractivity contribution in [2.75, 3.05) is 11.1 Å². The van der Waals surface area contributed by atoms with E-state index < -0.39 is 0 Å². The molecule has 0 bridgehead atoms. The van der Waals surface area contributed by atoms with Crippen LogP contribution in [0.1, 0.15) is 12.6 Å². The largest absolute Gasteiger partial charge is 0.396 e. The van der Waals surface area contributed by atoms with E-state index in [1.54, 1.807) is 10.9 Å². The average Bonchev–Trinajstić information content (AvgIpc) is 2.82. The van der Waals surface area contributed by atoms with E-state index in [0.717, 1.165) is 34.4 Å². The molecule has 0 aliphatic carbocycles.